The summed E-state index contributed by atoms with van der Waals surface area (Å²) in [7, 11) is 1.64. The summed E-state index contributed by atoms with van der Waals surface area (Å²) in [6, 6.07) is 6.30. The van der Waals surface area contributed by atoms with Gasteiger partial charge in [0, 0.05) is 58.4 Å². The summed E-state index contributed by atoms with van der Waals surface area (Å²) >= 11 is 0. The second-order valence-corrected chi connectivity index (χ2v) is 7.49. The summed E-state index contributed by atoms with van der Waals surface area (Å²) in [4.78, 5) is 27.0. The number of amides is 1. The van der Waals surface area contributed by atoms with Crippen LogP contribution in [0.1, 0.15) is 13.3 Å². The van der Waals surface area contributed by atoms with Gasteiger partial charge in [0.15, 0.2) is 0 Å². The number of ether oxygens (including phenoxy) is 1. The highest BCUT2D eigenvalue weighted by Gasteiger charge is 2.27. The van der Waals surface area contributed by atoms with Crippen LogP contribution < -0.4 is 9.64 Å². The van der Waals surface area contributed by atoms with E-state index in [-0.39, 0.29) is 5.91 Å². The van der Waals surface area contributed by atoms with E-state index in [0.717, 1.165) is 63.1 Å². The van der Waals surface area contributed by atoms with E-state index in [1.165, 1.54) is 12.0 Å². The molecule has 3 heterocycles. The summed E-state index contributed by atoms with van der Waals surface area (Å²) < 4.78 is 5.38. The summed E-state index contributed by atoms with van der Waals surface area (Å²) in [5.74, 6) is 1.44. The molecule has 0 spiro atoms. The predicted octanol–water partition coefficient (Wildman–Crippen LogP) is 1.63. The number of rotatable bonds is 4. The number of carbonyl (C=O) groups excluding carboxylic acids is 1. The van der Waals surface area contributed by atoms with E-state index in [9.17, 15) is 4.79 Å². The average molecular weight is 369 g/mol. The van der Waals surface area contributed by atoms with Crippen molar-refractivity contribution in [2.45, 2.75) is 13.3 Å². The molecule has 4 rings (SSSR count). The molecule has 0 aliphatic carbocycles. The van der Waals surface area contributed by atoms with Crippen LogP contribution >= 0.6 is 0 Å². The molecule has 7 nitrogen and oxygen atoms in total. The van der Waals surface area contributed by atoms with Crippen LogP contribution in [-0.4, -0.2) is 78.6 Å². The Labute approximate surface area is 159 Å². The molecule has 1 aromatic carbocycles. The molecule has 144 valence electrons. The van der Waals surface area contributed by atoms with Crippen molar-refractivity contribution < 1.29 is 9.53 Å². The second kappa shape index (κ2) is 7.68. The quantitative estimate of drug-likeness (QED) is 0.816. The Morgan fingerprint density at radius 2 is 2.00 bits per heavy atom. The van der Waals surface area contributed by atoms with Crippen LogP contribution in [0.3, 0.4) is 0 Å². The standard InChI is InChI=1S/C20H27N5O2/c1-15(26)25-6-5-16(13-25)12-23-7-9-24(10-8-23)17-3-4-19-18(11-17)20(27-2)22-14-21-19/h3-4,11,14,16H,5-10,12-13H2,1-2H3. The van der Waals surface area contributed by atoms with Crippen molar-refractivity contribution in [3.8, 4) is 5.88 Å². The molecule has 2 saturated heterocycles. The van der Waals surface area contributed by atoms with E-state index in [4.69, 9.17) is 4.74 Å². The van der Waals surface area contributed by atoms with Gasteiger partial charge in [0.05, 0.1) is 18.0 Å². The molecular formula is C20H27N5O2. The van der Waals surface area contributed by atoms with Crippen LogP contribution in [0.2, 0.25) is 0 Å². The first-order valence-electron chi connectivity index (χ1n) is 9.65. The Balaban J connectivity index is 1.37. The maximum Gasteiger partial charge on any atom is 0.224 e. The molecule has 0 saturated carbocycles. The van der Waals surface area contributed by atoms with Crippen LogP contribution in [0.4, 0.5) is 5.69 Å². The van der Waals surface area contributed by atoms with Gasteiger partial charge in [-0.15, -0.1) is 0 Å². The molecule has 1 aromatic heterocycles. The maximum absolute atomic E-state index is 11.5. The van der Waals surface area contributed by atoms with Gasteiger partial charge in [-0.1, -0.05) is 0 Å². The number of aromatic nitrogens is 2. The van der Waals surface area contributed by atoms with Crippen LogP contribution in [0.25, 0.3) is 10.9 Å². The van der Waals surface area contributed by atoms with Crippen molar-refractivity contribution in [3.05, 3.63) is 24.5 Å². The van der Waals surface area contributed by atoms with E-state index in [1.54, 1.807) is 14.0 Å². The van der Waals surface area contributed by atoms with E-state index in [0.29, 0.717) is 11.8 Å². The minimum Gasteiger partial charge on any atom is -0.480 e. The fourth-order valence-electron chi connectivity index (χ4n) is 4.20. The Kier molecular flexibility index (Phi) is 5.11. The van der Waals surface area contributed by atoms with Gasteiger partial charge >= 0.3 is 0 Å². The highest BCUT2D eigenvalue weighted by molar-refractivity contribution is 5.86. The number of hydrogen-bond donors (Lipinski definition) is 0. The molecule has 7 heteroatoms. The van der Waals surface area contributed by atoms with E-state index >= 15 is 0 Å². The molecule has 27 heavy (non-hydrogen) atoms. The van der Waals surface area contributed by atoms with E-state index < -0.39 is 0 Å². The average Bonchev–Trinajstić information content (AvgIpc) is 3.16. The van der Waals surface area contributed by atoms with Gasteiger partial charge < -0.3 is 14.5 Å². The molecule has 0 bridgehead atoms. The molecule has 2 aromatic rings. The monoisotopic (exact) mass is 369 g/mol. The first-order chi connectivity index (χ1) is 13.1. The Morgan fingerprint density at radius 3 is 2.70 bits per heavy atom. The fraction of sp³-hybridized carbons (Fsp3) is 0.550. The second-order valence-electron chi connectivity index (χ2n) is 7.49. The first-order valence-corrected chi connectivity index (χ1v) is 9.65. The number of piperazine rings is 1. The van der Waals surface area contributed by atoms with Crippen molar-refractivity contribution in [2.24, 2.45) is 5.92 Å². The lowest BCUT2D eigenvalue weighted by molar-refractivity contribution is -0.127. The van der Waals surface area contributed by atoms with E-state index in [1.807, 2.05) is 11.0 Å². The van der Waals surface area contributed by atoms with Crippen molar-refractivity contribution >= 4 is 22.5 Å². The minimum absolute atomic E-state index is 0.207. The lowest BCUT2D eigenvalue weighted by atomic mass is 10.1. The molecule has 2 aliphatic rings. The molecule has 0 N–H and O–H groups in total. The number of likely N-dealkylation sites (tertiary alicyclic amines) is 1. The molecule has 0 radical (unpaired) electrons. The number of nitrogens with zero attached hydrogens (tertiary/aromatic N) is 5. The summed E-state index contributed by atoms with van der Waals surface area (Å²) in [6.45, 7) is 8.71. The number of methoxy groups -OCH3 is 1. The van der Waals surface area contributed by atoms with Crippen LogP contribution in [0, 0.1) is 5.92 Å². The molecule has 2 aliphatic heterocycles. The van der Waals surface area contributed by atoms with Crippen molar-refractivity contribution in [3.63, 3.8) is 0 Å². The normalized spacial score (nSPS) is 21.0. The lowest BCUT2D eigenvalue weighted by Crippen LogP contribution is -2.48. The lowest BCUT2D eigenvalue weighted by Gasteiger charge is -2.37. The molecular weight excluding hydrogens is 342 g/mol. The largest absolute Gasteiger partial charge is 0.480 e. The SMILES string of the molecule is COc1ncnc2ccc(N3CCN(CC4CCN(C(C)=O)C4)CC3)cc12. The highest BCUT2D eigenvalue weighted by atomic mass is 16.5. The first kappa shape index (κ1) is 18.0. The number of fused-ring (bicyclic) bond motifs is 1. The van der Waals surface area contributed by atoms with Gasteiger partial charge in [0.2, 0.25) is 11.8 Å². The van der Waals surface area contributed by atoms with Gasteiger partial charge in [-0.2, -0.15) is 0 Å². The molecule has 1 amide bonds. The molecule has 2 fully saturated rings. The summed E-state index contributed by atoms with van der Waals surface area (Å²) in [5.41, 5.74) is 2.10. The number of carbonyl (C=O) groups is 1. The van der Waals surface area contributed by atoms with Crippen LogP contribution in [0.15, 0.2) is 24.5 Å². The number of benzene rings is 1. The number of hydrogen-bond acceptors (Lipinski definition) is 6. The van der Waals surface area contributed by atoms with Crippen LogP contribution in [0.5, 0.6) is 5.88 Å². The topological polar surface area (TPSA) is 61.8 Å². The number of anilines is 1. The third-order valence-corrected chi connectivity index (χ3v) is 5.76. The summed E-state index contributed by atoms with van der Waals surface area (Å²) in [5, 5.41) is 0.954. The smallest absolute Gasteiger partial charge is 0.224 e. The zero-order chi connectivity index (χ0) is 18.8. The Morgan fingerprint density at radius 1 is 1.19 bits per heavy atom. The predicted molar refractivity (Wildman–Crippen MR) is 105 cm³/mol. The highest BCUT2D eigenvalue weighted by Crippen LogP contribution is 2.27. The molecule has 1 unspecified atom stereocenters. The Bertz CT molecular complexity index is 819. The van der Waals surface area contributed by atoms with Crippen molar-refractivity contribution in [1.29, 1.82) is 0 Å². The third kappa shape index (κ3) is 3.83. The zero-order valence-corrected chi connectivity index (χ0v) is 16.1. The molecule has 1 atom stereocenters. The van der Waals surface area contributed by atoms with Crippen LogP contribution in [-0.2, 0) is 4.79 Å². The fourth-order valence-corrected chi connectivity index (χ4v) is 4.20. The van der Waals surface area contributed by atoms with Gasteiger partial charge in [0.25, 0.3) is 0 Å². The summed E-state index contributed by atoms with van der Waals surface area (Å²) in [6.07, 6.45) is 2.67. The Hall–Kier alpha value is -2.41. The van der Waals surface area contributed by atoms with Crippen molar-refractivity contribution in [2.75, 3.05) is 57.8 Å². The van der Waals surface area contributed by atoms with Gasteiger partial charge in [-0.3, -0.25) is 9.69 Å². The van der Waals surface area contributed by atoms with Gasteiger partial charge in [-0.05, 0) is 30.5 Å². The minimum atomic E-state index is 0.207. The third-order valence-electron chi connectivity index (χ3n) is 5.76. The van der Waals surface area contributed by atoms with Gasteiger partial charge in [0.1, 0.15) is 6.33 Å². The van der Waals surface area contributed by atoms with E-state index in [2.05, 4.69) is 31.9 Å². The maximum atomic E-state index is 11.5. The van der Waals surface area contributed by atoms with Gasteiger partial charge in [-0.25, -0.2) is 9.97 Å². The zero-order valence-electron chi connectivity index (χ0n) is 16.1. The van der Waals surface area contributed by atoms with Crippen molar-refractivity contribution in [1.82, 2.24) is 19.8 Å².